The Morgan fingerprint density at radius 3 is 2.37 bits per heavy atom. The SMILES string of the molecule is CN(C)c1ccc(C=CC23OC(=O)CN2c2ccc(S(C)(=O)=O)cc2C3(C)C)cc1. The molecule has 0 radical (unpaired) electrons. The second-order valence-corrected chi connectivity index (χ2v) is 10.7. The van der Waals surface area contributed by atoms with Crippen molar-refractivity contribution in [2.45, 2.75) is 29.9 Å². The fraction of sp³-hybridized carbons (Fsp3) is 0.348. The minimum Gasteiger partial charge on any atom is -0.433 e. The van der Waals surface area contributed by atoms with Gasteiger partial charge in [-0.15, -0.1) is 0 Å². The topological polar surface area (TPSA) is 66.9 Å². The molecule has 7 heteroatoms. The summed E-state index contributed by atoms with van der Waals surface area (Å²) >= 11 is 0. The Morgan fingerprint density at radius 1 is 1.10 bits per heavy atom. The first-order valence-electron chi connectivity index (χ1n) is 9.76. The van der Waals surface area contributed by atoms with Crippen molar-refractivity contribution >= 4 is 33.3 Å². The van der Waals surface area contributed by atoms with E-state index >= 15 is 0 Å². The molecule has 0 saturated carbocycles. The molecule has 2 aliphatic rings. The van der Waals surface area contributed by atoms with Crippen LogP contribution in [-0.2, 0) is 24.8 Å². The lowest BCUT2D eigenvalue weighted by atomic mass is 9.77. The summed E-state index contributed by atoms with van der Waals surface area (Å²) in [6, 6.07) is 13.2. The number of rotatable bonds is 4. The van der Waals surface area contributed by atoms with Crippen LogP contribution >= 0.6 is 0 Å². The van der Waals surface area contributed by atoms with Crippen LogP contribution in [0.4, 0.5) is 11.4 Å². The number of hydrogen-bond acceptors (Lipinski definition) is 6. The van der Waals surface area contributed by atoms with Gasteiger partial charge < -0.3 is 14.5 Å². The van der Waals surface area contributed by atoms with E-state index in [1.54, 1.807) is 18.2 Å². The molecule has 158 valence electrons. The number of hydrogen-bond donors (Lipinski definition) is 0. The normalized spacial score (nSPS) is 22.2. The van der Waals surface area contributed by atoms with Gasteiger partial charge in [0.2, 0.25) is 5.72 Å². The van der Waals surface area contributed by atoms with E-state index in [0.29, 0.717) is 0 Å². The van der Waals surface area contributed by atoms with Gasteiger partial charge in [-0.2, -0.15) is 0 Å². The highest BCUT2D eigenvalue weighted by molar-refractivity contribution is 7.90. The van der Waals surface area contributed by atoms with E-state index < -0.39 is 21.0 Å². The van der Waals surface area contributed by atoms with Crippen molar-refractivity contribution < 1.29 is 17.9 Å². The van der Waals surface area contributed by atoms with Gasteiger partial charge in [0.1, 0.15) is 6.54 Å². The van der Waals surface area contributed by atoms with Gasteiger partial charge in [0.05, 0.1) is 10.3 Å². The van der Waals surface area contributed by atoms with Crippen LogP contribution in [0.1, 0.15) is 25.0 Å². The number of esters is 1. The highest BCUT2D eigenvalue weighted by Gasteiger charge is 2.62. The molecule has 1 saturated heterocycles. The molecule has 0 aromatic heterocycles. The molecular weight excluding hydrogens is 400 g/mol. The second kappa shape index (κ2) is 6.60. The van der Waals surface area contributed by atoms with Crippen molar-refractivity contribution in [2.75, 3.05) is 36.7 Å². The van der Waals surface area contributed by atoms with E-state index in [1.807, 2.05) is 74.2 Å². The molecule has 2 aromatic rings. The van der Waals surface area contributed by atoms with E-state index in [1.165, 1.54) is 6.26 Å². The van der Waals surface area contributed by atoms with Gasteiger partial charge in [-0.3, -0.25) is 4.79 Å². The molecule has 0 spiro atoms. The van der Waals surface area contributed by atoms with Crippen LogP contribution in [0.25, 0.3) is 6.08 Å². The van der Waals surface area contributed by atoms with Gasteiger partial charge in [0.15, 0.2) is 9.84 Å². The largest absolute Gasteiger partial charge is 0.433 e. The number of nitrogens with zero attached hydrogens (tertiary/aromatic N) is 2. The zero-order valence-corrected chi connectivity index (χ0v) is 18.7. The number of anilines is 2. The Morgan fingerprint density at radius 2 is 1.77 bits per heavy atom. The summed E-state index contributed by atoms with van der Waals surface area (Å²) < 4.78 is 30.1. The van der Waals surface area contributed by atoms with Crippen LogP contribution in [0.5, 0.6) is 0 Å². The monoisotopic (exact) mass is 426 g/mol. The van der Waals surface area contributed by atoms with Crippen LogP contribution in [0.3, 0.4) is 0 Å². The van der Waals surface area contributed by atoms with E-state index in [2.05, 4.69) is 0 Å². The number of sulfone groups is 1. The van der Waals surface area contributed by atoms with Gasteiger partial charge in [-0.25, -0.2) is 8.42 Å². The molecule has 30 heavy (non-hydrogen) atoms. The van der Waals surface area contributed by atoms with Crippen LogP contribution in [0.2, 0.25) is 0 Å². The van der Waals surface area contributed by atoms with Crippen molar-refractivity contribution in [1.82, 2.24) is 0 Å². The Kier molecular flexibility index (Phi) is 4.51. The lowest BCUT2D eigenvalue weighted by Gasteiger charge is -2.38. The number of carbonyl (C=O) groups excluding carboxylic acids is 1. The number of fused-ring (bicyclic) bond motifs is 3. The average Bonchev–Trinajstić information content (AvgIpc) is 3.10. The zero-order chi connectivity index (χ0) is 21.9. The Bertz CT molecular complexity index is 1150. The first kappa shape index (κ1) is 20.5. The molecule has 1 unspecified atom stereocenters. The molecule has 2 heterocycles. The minimum atomic E-state index is -3.34. The molecule has 2 aromatic carbocycles. The fourth-order valence-corrected chi connectivity index (χ4v) is 4.98. The number of benzene rings is 2. The third-order valence-corrected chi connectivity index (χ3v) is 7.23. The van der Waals surface area contributed by atoms with Crippen molar-refractivity contribution in [3.05, 3.63) is 59.7 Å². The number of ether oxygens (including phenoxy) is 1. The first-order chi connectivity index (χ1) is 14.0. The maximum absolute atomic E-state index is 12.3. The summed E-state index contributed by atoms with van der Waals surface area (Å²) in [4.78, 5) is 16.5. The Labute approximate surface area is 177 Å². The molecule has 6 nitrogen and oxygen atoms in total. The highest BCUT2D eigenvalue weighted by Crippen LogP contribution is 2.55. The molecule has 1 atom stereocenters. The zero-order valence-electron chi connectivity index (χ0n) is 17.8. The van der Waals surface area contributed by atoms with Crippen LogP contribution in [0.15, 0.2) is 53.4 Å². The minimum absolute atomic E-state index is 0.124. The van der Waals surface area contributed by atoms with Crippen molar-refractivity contribution in [3.63, 3.8) is 0 Å². The summed E-state index contributed by atoms with van der Waals surface area (Å²) in [7, 11) is 0.634. The maximum Gasteiger partial charge on any atom is 0.328 e. The maximum atomic E-state index is 12.3. The van der Waals surface area contributed by atoms with Gasteiger partial charge in [-0.05, 0) is 61.4 Å². The molecule has 0 N–H and O–H groups in total. The summed E-state index contributed by atoms with van der Waals surface area (Å²) in [5, 5.41) is 0. The third kappa shape index (κ3) is 2.99. The molecular formula is C23H26N2O4S. The molecule has 4 rings (SSSR count). The lowest BCUT2D eigenvalue weighted by molar-refractivity contribution is -0.147. The number of carbonyl (C=O) groups is 1. The van der Waals surface area contributed by atoms with Crippen molar-refractivity contribution in [1.29, 1.82) is 0 Å². The highest BCUT2D eigenvalue weighted by atomic mass is 32.2. The van der Waals surface area contributed by atoms with E-state index in [-0.39, 0.29) is 17.4 Å². The predicted molar refractivity (Wildman–Crippen MR) is 119 cm³/mol. The molecule has 1 fully saturated rings. The van der Waals surface area contributed by atoms with Crippen molar-refractivity contribution in [3.8, 4) is 0 Å². The summed E-state index contributed by atoms with van der Waals surface area (Å²) in [6.07, 6.45) is 5.07. The Balaban J connectivity index is 1.79. The molecule has 2 aliphatic heterocycles. The van der Waals surface area contributed by atoms with E-state index in [0.717, 1.165) is 22.5 Å². The van der Waals surface area contributed by atoms with Crippen molar-refractivity contribution in [2.24, 2.45) is 0 Å². The van der Waals surface area contributed by atoms with Crippen LogP contribution < -0.4 is 9.80 Å². The lowest BCUT2D eigenvalue weighted by Crippen LogP contribution is -2.51. The molecule has 0 aliphatic carbocycles. The first-order valence-corrected chi connectivity index (χ1v) is 11.7. The van der Waals surface area contributed by atoms with Gasteiger partial charge >= 0.3 is 5.97 Å². The van der Waals surface area contributed by atoms with E-state index in [4.69, 9.17) is 4.74 Å². The third-order valence-electron chi connectivity index (χ3n) is 6.12. The summed E-state index contributed by atoms with van der Waals surface area (Å²) in [5.41, 5.74) is 2.11. The average molecular weight is 427 g/mol. The summed E-state index contributed by atoms with van der Waals surface area (Å²) in [6.45, 7) is 4.09. The van der Waals surface area contributed by atoms with Gasteiger partial charge in [-0.1, -0.05) is 18.2 Å². The quantitative estimate of drug-likeness (QED) is 0.700. The van der Waals surface area contributed by atoms with Gasteiger partial charge in [0.25, 0.3) is 0 Å². The fourth-order valence-electron chi connectivity index (χ4n) is 4.34. The molecule has 0 bridgehead atoms. The standard InChI is InChI=1S/C23H26N2O4S/c1-22(2)19-14-18(30(5,27)28)10-11-20(19)25-15-21(26)29-23(22,25)13-12-16-6-8-17(9-7-16)24(3)4/h6-14H,15H2,1-5H3. The van der Waals surface area contributed by atoms with Crippen LogP contribution in [-0.4, -0.2) is 47.0 Å². The van der Waals surface area contributed by atoms with Crippen LogP contribution in [0, 0.1) is 0 Å². The van der Waals surface area contributed by atoms with E-state index in [9.17, 15) is 13.2 Å². The predicted octanol–water partition coefficient (Wildman–Crippen LogP) is 3.22. The Hall–Kier alpha value is -2.80. The summed E-state index contributed by atoms with van der Waals surface area (Å²) in [5.74, 6) is -0.298. The second-order valence-electron chi connectivity index (χ2n) is 8.65. The molecule has 0 amide bonds. The van der Waals surface area contributed by atoms with Gasteiger partial charge in [0, 0.05) is 31.7 Å². The smallest absolute Gasteiger partial charge is 0.328 e.